The second-order valence-electron chi connectivity index (χ2n) is 6.16. The topological polar surface area (TPSA) is 50.1 Å². The molecule has 6 nitrogen and oxygen atoms in total. The first-order chi connectivity index (χ1) is 11.6. The van der Waals surface area contributed by atoms with Crippen LogP contribution in [0.2, 0.25) is 0 Å². The van der Waals surface area contributed by atoms with Gasteiger partial charge < -0.3 is 9.80 Å². The normalized spacial score (nSPS) is 16.0. The first kappa shape index (κ1) is 15.0. The molecule has 4 rings (SSSR count). The van der Waals surface area contributed by atoms with Gasteiger partial charge in [-0.05, 0) is 32.2 Å². The summed E-state index contributed by atoms with van der Waals surface area (Å²) in [4.78, 5) is 13.5. The number of benzene rings is 1. The Kier molecular flexibility index (Phi) is 3.65. The molecule has 0 spiro atoms. The first-order valence-electron chi connectivity index (χ1n) is 8.03. The second-order valence-corrected chi connectivity index (χ2v) is 6.16. The fourth-order valence-electron chi connectivity index (χ4n) is 3.14. The van der Waals surface area contributed by atoms with E-state index < -0.39 is 0 Å². The maximum atomic E-state index is 13.6. The summed E-state index contributed by atoms with van der Waals surface area (Å²) in [6.45, 7) is 5.80. The van der Waals surface area contributed by atoms with Gasteiger partial charge in [0.2, 0.25) is 0 Å². The Morgan fingerprint density at radius 1 is 1.08 bits per heavy atom. The summed E-state index contributed by atoms with van der Waals surface area (Å²) >= 11 is 0. The lowest BCUT2D eigenvalue weighted by Gasteiger charge is -2.33. The molecule has 0 amide bonds. The molecular weight excluding hydrogens is 307 g/mol. The molecule has 0 unspecified atom stereocenters. The maximum Gasteiger partial charge on any atom is 0.168 e. The highest BCUT2D eigenvalue weighted by Crippen LogP contribution is 2.28. The van der Waals surface area contributed by atoms with Crippen molar-refractivity contribution in [1.82, 2.24) is 24.6 Å². The standard InChI is InChI=1S/C17H19FN6/c1-12-15-16(23-8-6-22(2)7-9-23)19-11-20-17(15)24(21-12)14-5-3-4-13(18)10-14/h3-5,10-11H,6-9H2,1-2H3. The predicted octanol–water partition coefficient (Wildman–Crippen LogP) is 2.01. The van der Waals surface area contributed by atoms with Crippen LogP contribution in [0.3, 0.4) is 0 Å². The number of nitrogens with zero attached hydrogens (tertiary/aromatic N) is 6. The Labute approximate surface area is 139 Å². The lowest BCUT2D eigenvalue weighted by molar-refractivity contribution is 0.312. The Morgan fingerprint density at radius 3 is 2.62 bits per heavy atom. The van der Waals surface area contributed by atoms with Crippen molar-refractivity contribution >= 4 is 16.9 Å². The van der Waals surface area contributed by atoms with Crippen LogP contribution in [0.25, 0.3) is 16.7 Å². The minimum atomic E-state index is -0.290. The van der Waals surface area contributed by atoms with Crippen molar-refractivity contribution in [3.63, 3.8) is 0 Å². The summed E-state index contributed by atoms with van der Waals surface area (Å²) in [6.07, 6.45) is 1.56. The zero-order valence-corrected chi connectivity index (χ0v) is 13.8. The van der Waals surface area contributed by atoms with Crippen molar-refractivity contribution in [3.05, 3.63) is 42.1 Å². The molecule has 3 aromatic rings. The van der Waals surface area contributed by atoms with Gasteiger partial charge >= 0.3 is 0 Å². The number of hydrogen-bond acceptors (Lipinski definition) is 5. The molecule has 1 aromatic carbocycles. The van der Waals surface area contributed by atoms with Crippen molar-refractivity contribution in [2.24, 2.45) is 0 Å². The Balaban J connectivity index is 1.84. The Bertz CT molecular complexity index is 882. The third kappa shape index (κ3) is 2.50. The molecule has 2 aromatic heterocycles. The lowest BCUT2D eigenvalue weighted by atomic mass is 10.2. The van der Waals surface area contributed by atoms with Crippen molar-refractivity contribution in [2.45, 2.75) is 6.92 Å². The van der Waals surface area contributed by atoms with Crippen LogP contribution in [-0.2, 0) is 0 Å². The number of fused-ring (bicyclic) bond motifs is 1. The molecule has 0 saturated carbocycles. The van der Waals surface area contributed by atoms with Gasteiger partial charge in [-0.3, -0.25) is 0 Å². The van der Waals surface area contributed by atoms with E-state index >= 15 is 0 Å². The van der Waals surface area contributed by atoms with Crippen molar-refractivity contribution in [3.8, 4) is 5.69 Å². The van der Waals surface area contributed by atoms with Crippen molar-refractivity contribution < 1.29 is 4.39 Å². The van der Waals surface area contributed by atoms with Gasteiger partial charge in [-0.1, -0.05) is 6.07 Å². The molecule has 3 heterocycles. The van der Waals surface area contributed by atoms with Gasteiger partial charge in [0.25, 0.3) is 0 Å². The molecule has 7 heteroatoms. The molecule has 1 aliphatic heterocycles. The molecule has 1 fully saturated rings. The van der Waals surface area contributed by atoms with Crippen LogP contribution in [0.4, 0.5) is 10.2 Å². The second kappa shape index (κ2) is 5.83. The van der Waals surface area contributed by atoms with E-state index in [2.05, 4.69) is 31.9 Å². The van der Waals surface area contributed by atoms with Gasteiger partial charge in [-0.25, -0.2) is 19.0 Å². The van der Waals surface area contributed by atoms with Crippen LogP contribution >= 0.6 is 0 Å². The van der Waals surface area contributed by atoms with E-state index in [9.17, 15) is 4.39 Å². The van der Waals surface area contributed by atoms with Gasteiger partial charge in [0.05, 0.1) is 16.8 Å². The third-order valence-corrected chi connectivity index (χ3v) is 4.48. The van der Waals surface area contributed by atoms with Crippen molar-refractivity contribution in [1.29, 1.82) is 0 Å². The summed E-state index contributed by atoms with van der Waals surface area (Å²) in [5.41, 5.74) is 2.22. The van der Waals surface area contributed by atoms with Gasteiger partial charge in [0.15, 0.2) is 5.65 Å². The molecular formula is C17H19FN6. The fraction of sp³-hybridized carbons (Fsp3) is 0.353. The zero-order valence-electron chi connectivity index (χ0n) is 13.8. The number of hydrogen-bond donors (Lipinski definition) is 0. The molecule has 24 heavy (non-hydrogen) atoms. The van der Waals surface area contributed by atoms with Crippen LogP contribution in [0.15, 0.2) is 30.6 Å². The molecule has 1 saturated heterocycles. The number of aromatic nitrogens is 4. The van der Waals surface area contributed by atoms with Crippen LogP contribution < -0.4 is 4.90 Å². The molecule has 124 valence electrons. The Morgan fingerprint density at radius 2 is 1.88 bits per heavy atom. The largest absolute Gasteiger partial charge is 0.353 e. The van der Waals surface area contributed by atoms with E-state index in [1.54, 1.807) is 17.1 Å². The number of piperazine rings is 1. The minimum Gasteiger partial charge on any atom is -0.353 e. The van der Waals surface area contributed by atoms with Gasteiger partial charge in [-0.2, -0.15) is 5.10 Å². The molecule has 0 radical (unpaired) electrons. The summed E-state index contributed by atoms with van der Waals surface area (Å²) in [5, 5.41) is 5.52. The van der Waals surface area contributed by atoms with E-state index in [0.29, 0.717) is 11.3 Å². The third-order valence-electron chi connectivity index (χ3n) is 4.48. The monoisotopic (exact) mass is 326 g/mol. The predicted molar refractivity (Wildman–Crippen MR) is 91.1 cm³/mol. The smallest absolute Gasteiger partial charge is 0.168 e. The summed E-state index contributed by atoms with van der Waals surface area (Å²) in [5.74, 6) is 0.621. The highest BCUT2D eigenvalue weighted by atomic mass is 19.1. The molecule has 0 N–H and O–H groups in total. The molecule has 0 atom stereocenters. The molecule has 1 aliphatic rings. The average molecular weight is 326 g/mol. The van der Waals surface area contributed by atoms with Gasteiger partial charge in [0, 0.05) is 26.2 Å². The van der Waals surface area contributed by atoms with E-state index in [1.165, 1.54) is 12.1 Å². The Hall–Kier alpha value is -2.54. The van der Waals surface area contributed by atoms with Gasteiger partial charge in [0.1, 0.15) is 18.0 Å². The quantitative estimate of drug-likeness (QED) is 0.721. The number of likely N-dealkylation sites (N-methyl/N-ethyl adjacent to an activating group) is 1. The SMILES string of the molecule is Cc1nn(-c2cccc(F)c2)c2ncnc(N3CCN(C)CC3)c12. The van der Waals surface area contributed by atoms with Gasteiger partial charge in [-0.15, -0.1) is 0 Å². The summed E-state index contributed by atoms with van der Waals surface area (Å²) < 4.78 is 15.3. The lowest BCUT2D eigenvalue weighted by Crippen LogP contribution is -2.44. The summed E-state index contributed by atoms with van der Waals surface area (Å²) in [7, 11) is 2.13. The van der Waals surface area contributed by atoms with Crippen LogP contribution in [-0.4, -0.2) is 57.9 Å². The molecule has 0 aliphatic carbocycles. The average Bonchev–Trinajstić information content (AvgIpc) is 2.93. The molecule has 0 bridgehead atoms. The highest BCUT2D eigenvalue weighted by Gasteiger charge is 2.22. The zero-order chi connectivity index (χ0) is 16.7. The summed E-state index contributed by atoms with van der Waals surface area (Å²) in [6, 6.07) is 6.39. The first-order valence-corrected chi connectivity index (χ1v) is 8.03. The van der Waals surface area contributed by atoms with E-state index in [0.717, 1.165) is 43.1 Å². The number of rotatable bonds is 2. The van der Waals surface area contributed by atoms with E-state index in [1.807, 2.05) is 13.0 Å². The fourth-order valence-corrected chi connectivity index (χ4v) is 3.14. The highest BCUT2D eigenvalue weighted by molar-refractivity contribution is 5.90. The van der Waals surface area contributed by atoms with E-state index in [-0.39, 0.29) is 5.82 Å². The number of aryl methyl sites for hydroxylation is 1. The van der Waals surface area contributed by atoms with Crippen LogP contribution in [0.1, 0.15) is 5.69 Å². The van der Waals surface area contributed by atoms with Crippen LogP contribution in [0.5, 0.6) is 0 Å². The van der Waals surface area contributed by atoms with Crippen molar-refractivity contribution in [2.75, 3.05) is 38.1 Å². The van der Waals surface area contributed by atoms with E-state index in [4.69, 9.17) is 0 Å². The maximum absolute atomic E-state index is 13.6. The number of anilines is 1. The number of halogens is 1. The van der Waals surface area contributed by atoms with Crippen LogP contribution in [0, 0.1) is 12.7 Å². The minimum absolute atomic E-state index is 0.290.